The summed E-state index contributed by atoms with van der Waals surface area (Å²) in [5.41, 5.74) is 5.07. The summed E-state index contributed by atoms with van der Waals surface area (Å²) >= 11 is 0. The highest BCUT2D eigenvalue weighted by Gasteiger charge is 2.15. The maximum absolute atomic E-state index is 14.5. The molecule has 6 nitrogen and oxygen atoms in total. The Hall–Kier alpha value is -4.00. The molecule has 4 aromatic rings. The van der Waals surface area contributed by atoms with Crippen molar-refractivity contribution < 1.29 is 9.18 Å². The summed E-state index contributed by atoms with van der Waals surface area (Å²) in [5, 5.41) is 9.96. The lowest BCUT2D eigenvalue weighted by Crippen LogP contribution is -2.20. The molecule has 156 valence electrons. The molecule has 2 aromatic carbocycles. The van der Waals surface area contributed by atoms with E-state index in [0.29, 0.717) is 12.2 Å². The van der Waals surface area contributed by atoms with Crippen molar-refractivity contribution in [1.82, 2.24) is 14.8 Å². The number of aryl methyl sites for hydroxylation is 2. The van der Waals surface area contributed by atoms with Crippen LogP contribution in [0.3, 0.4) is 0 Å². The van der Waals surface area contributed by atoms with E-state index in [9.17, 15) is 9.18 Å². The number of hydrogen-bond acceptors (Lipinski definition) is 3. The quantitative estimate of drug-likeness (QED) is 0.438. The minimum Gasteiger partial charge on any atom is -0.308 e. The monoisotopic (exact) mass is 415 g/mol. The number of anilines is 2. The number of carbonyl (C=O) groups excluding carboxylic acids is 1. The van der Waals surface area contributed by atoms with Gasteiger partial charge in [-0.1, -0.05) is 23.8 Å². The Morgan fingerprint density at radius 1 is 1.00 bits per heavy atom. The van der Waals surface area contributed by atoms with E-state index in [1.165, 1.54) is 6.07 Å². The Bertz CT molecular complexity index is 1200. The summed E-state index contributed by atoms with van der Waals surface area (Å²) < 4.78 is 16.3. The topological polar surface area (TPSA) is 71.8 Å². The third kappa shape index (κ3) is 4.61. The van der Waals surface area contributed by atoms with E-state index in [2.05, 4.69) is 20.7 Å². The third-order valence-corrected chi connectivity index (χ3v) is 4.87. The minimum atomic E-state index is -0.517. The maximum atomic E-state index is 14.5. The van der Waals surface area contributed by atoms with Crippen molar-refractivity contribution >= 4 is 17.4 Å². The number of halogens is 1. The molecular formula is C24H22FN5O. The fourth-order valence-corrected chi connectivity index (χ4v) is 3.23. The SMILES string of the molecule is CCn1cc(-c2ccc(F)c(NC(=O)Nc3ccc(C)cc3)c2)c(-c2ccncc2)n1. The zero-order chi connectivity index (χ0) is 21.8. The van der Waals surface area contributed by atoms with Crippen molar-refractivity contribution in [2.24, 2.45) is 0 Å². The van der Waals surface area contributed by atoms with E-state index in [-0.39, 0.29) is 5.69 Å². The second kappa shape index (κ2) is 8.79. The number of nitrogens with one attached hydrogen (secondary N) is 2. The molecule has 0 radical (unpaired) electrons. The second-order valence-corrected chi connectivity index (χ2v) is 7.12. The Balaban J connectivity index is 1.63. The van der Waals surface area contributed by atoms with E-state index >= 15 is 0 Å². The predicted molar refractivity (Wildman–Crippen MR) is 120 cm³/mol. The normalized spacial score (nSPS) is 10.7. The van der Waals surface area contributed by atoms with Gasteiger partial charge in [-0.3, -0.25) is 9.67 Å². The zero-order valence-corrected chi connectivity index (χ0v) is 17.3. The van der Waals surface area contributed by atoms with Gasteiger partial charge in [-0.15, -0.1) is 0 Å². The predicted octanol–water partition coefficient (Wildman–Crippen LogP) is 5.72. The van der Waals surface area contributed by atoms with Crippen LogP contribution in [0.4, 0.5) is 20.6 Å². The summed E-state index contributed by atoms with van der Waals surface area (Å²) in [4.78, 5) is 16.5. The first-order chi connectivity index (χ1) is 15.0. The molecule has 0 atom stereocenters. The van der Waals surface area contributed by atoms with Crippen LogP contribution < -0.4 is 10.6 Å². The molecule has 4 rings (SSSR count). The first-order valence-electron chi connectivity index (χ1n) is 9.96. The number of pyridine rings is 1. The molecule has 31 heavy (non-hydrogen) atoms. The largest absolute Gasteiger partial charge is 0.323 e. The molecule has 2 heterocycles. The molecule has 0 aliphatic rings. The van der Waals surface area contributed by atoms with Gasteiger partial charge in [0.2, 0.25) is 0 Å². The molecule has 0 aliphatic carbocycles. The zero-order valence-electron chi connectivity index (χ0n) is 17.3. The summed E-state index contributed by atoms with van der Waals surface area (Å²) in [7, 11) is 0. The molecule has 0 fully saturated rings. The smallest absolute Gasteiger partial charge is 0.308 e. The number of urea groups is 1. The van der Waals surface area contributed by atoms with E-state index in [1.54, 1.807) is 36.7 Å². The highest BCUT2D eigenvalue weighted by molar-refractivity contribution is 6.00. The van der Waals surface area contributed by atoms with Gasteiger partial charge < -0.3 is 10.6 Å². The summed E-state index contributed by atoms with van der Waals surface area (Å²) in [6, 6.07) is 15.3. The van der Waals surface area contributed by atoms with E-state index in [4.69, 9.17) is 0 Å². The van der Waals surface area contributed by atoms with Gasteiger partial charge in [0, 0.05) is 41.9 Å². The molecular weight excluding hydrogens is 393 g/mol. The van der Waals surface area contributed by atoms with Crippen LogP contribution in [0, 0.1) is 12.7 Å². The van der Waals surface area contributed by atoms with Crippen molar-refractivity contribution in [3.63, 3.8) is 0 Å². The fourth-order valence-electron chi connectivity index (χ4n) is 3.23. The Kier molecular flexibility index (Phi) is 5.75. The first kappa shape index (κ1) is 20.3. The number of nitrogens with zero attached hydrogens (tertiary/aromatic N) is 3. The van der Waals surface area contributed by atoms with Crippen molar-refractivity contribution in [2.75, 3.05) is 10.6 Å². The highest BCUT2D eigenvalue weighted by atomic mass is 19.1. The lowest BCUT2D eigenvalue weighted by Gasteiger charge is -2.11. The van der Waals surface area contributed by atoms with Gasteiger partial charge in [0.25, 0.3) is 0 Å². The molecule has 0 aliphatic heterocycles. The van der Waals surface area contributed by atoms with Crippen molar-refractivity contribution in [2.45, 2.75) is 20.4 Å². The van der Waals surface area contributed by atoms with Crippen LogP contribution in [0.5, 0.6) is 0 Å². The lowest BCUT2D eigenvalue weighted by atomic mass is 10.0. The number of hydrogen-bond donors (Lipinski definition) is 2. The molecule has 0 saturated carbocycles. The standard InChI is InChI=1S/C24H22FN5O/c1-3-30-15-20(23(29-30)17-10-12-26-13-11-17)18-6-9-21(25)22(14-18)28-24(31)27-19-7-4-16(2)5-8-19/h4-15H,3H2,1-2H3,(H2,27,28,31). The second-order valence-electron chi connectivity index (χ2n) is 7.12. The van der Waals surface area contributed by atoms with Gasteiger partial charge in [-0.05, 0) is 55.8 Å². The van der Waals surface area contributed by atoms with Gasteiger partial charge in [-0.25, -0.2) is 9.18 Å². The molecule has 7 heteroatoms. The van der Waals surface area contributed by atoms with Gasteiger partial charge in [0.15, 0.2) is 0 Å². The Morgan fingerprint density at radius 2 is 1.74 bits per heavy atom. The van der Waals surface area contributed by atoms with Crippen LogP contribution in [0.2, 0.25) is 0 Å². The van der Waals surface area contributed by atoms with Crippen LogP contribution >= 0.6 is 0 Å². The van der Waals surface area contributed by atoms with E-state index in [0.717, 1.165) is 27.9 Å². The number of benzene rings is 2. The molecule has 2 aromatic heterocycles. The van der Waals surface area contributed by atoms with Gasteiger partial charge in [0.05, 0.1) is 5.69 Å². The maximum Gasteiger partial charge on any atom is 0.323 e. The average Bonchev–Trinajstić information content (AvgIpc) is 3.22. The van der Waals surface area contributed by atoms with E-state index < -0.39 is 11.8 Å². The van der Waals surface area contributed by atoms with Crippen LogP contribution in [-0.4, -0.2) is 20.8 Å². The van der Waals surface area contributed by atoms with Gasteiger partial charge >= 0.3 is 6.03 Å². The molecule has 0 bridgehead atoms. The van der Waals surface area contributed by atoms with Crippen LogP contribution in [0.15, 0.2) is 73.2 Å². The highest BCUT2D eigenvalue weighted by Crippen LogP contribution is 2.33. The minimum absolute atomic E-state index is 0.0899. The third-order valence-electron chi connectivity index (χ3n) is 4.87. The fraction of sp³-hybridized carbons (Fsp3) is 0.125. The van der Waals surface area contributed by atoms with Crippen LogP contribution in [-0.2, 0) is 6.54 Å². The van der Waals surface area contributed by atoms with Crippen molar-refractivity contribution in [3.05, 3.63) is 84.6 Å². The Labute approximate surface area is 179 Å². The van der Waals surface area contributed by atoms with Crippen molar-refractivity contribution in [3.8, 4) is 22.4 Å². The summed E-state index contributed by atoms with van der Waals surface area (Å²) in [5.74, 6) is -0.517. The van der Waals surface area contributed by atoms with E-state index in [1.807, 2.05) is 49.0 Å². The molecule has 2 N–H and O–H groups in total. The van der Waals surface area contributed by atoms with Crippen LogP contribution in [0.1, 0.15) is 12.5 Å². The summed E-state index contributed by atoms with van der Waals surface area (Å²) in [6.07, 6.45) is 5.33. The van der Waals surface area contributed by atoms with Crippen LogP contribution in [0.25, 0.3) is 22.4 Å². The summed E-state index contributed by atoms with van der Waals surface area (Å²) in [6.45, 7) is 4.66. The molecule has 0 saturated heterocycles. The Morgan fingerprint density at radius 3 is 2.45 bits per heavy atom. The number of carbonyl (C=O) groups is 1. The number of aromatic nitrogens is 3. The molecule has 2 amide bonds. The van der Waals surface area contributed by atoms with Gasteiger partial charge in [0.1, 0.15) is 11.5 Å². The first-order valence-corrected chi connectivity index (χ1v) is 9.96. The molecule has 0 unspecified atom stereocenters. The number of rotatable bonds is 5. The van der Waals surface area contributed by atoms with Crippen molar-refractivity contribution in [1.29, 1.82) is 0 Å². The molecule has 0 spiro atoms. The number of amides is 2. The lowest BCUT2D eigenvalue weighted by molar-refractivity contribution is 0.262. The average molecular weight is 415 g/mol. The van der Waals surface area contributed by atoms with Gasteiger partial charge in [-0.2, -0.15) is 5.10 Å².